The Morgan fingerprint density at radius 2 is 2.07 bits per heavy atom. The van der Waals surface area contributed by atoms with Crippen molar-refractivity contribution in [2.75, 3.05) is 34.1 Å². The Morgan fingerprint density at radius 3 is 2.53 bits per heavy atom. The van der Waals surface area contributed by atoms with Gasteiger partial charge in [0.05, 0.1) is 13.7 Å². The summed E-state index contributed by atoms with van der Waals surface area (Å²) >= 11 is 0. The van der Waals surface area contributed by atoms with Crippen LogP contribution < -0.4 is 0 Å². The SMILES string of the molecule is C=C(C)C(=O)OCCCN(COC)OC. The van der Waals surface area contributed by atoms with Gasteiger partial charge < -0.3 is 14.3 Å². The topological polar surface area (TPSA) is 48.0 Å². The predicted molar refractivity (Wildman–Crippen MR) is 56.0 cm³/mol. The van der Waals surface area contributed by atoms with E-state index in [0.29, 0.717) is 31.9 Å². The minimum atomic E-state index is -0.356. The van der Waals surface area contributed by atoms with Gasteiger partial charge in [-0.05, 0) is 13.3 Å². The number of carbonyl (C=O) groups excluding carboxylic acids is 1. The van der Waals surface area contributed by atoms with Crippen LogP contribution in [0.1, 0.15) is 13.3 Å². The van der Waals surface area contributed by atoms with E-state index in [1.807, 2.05) is 0 Å². The molecule has 0 aromatic rings. The van der Waals surface area contributed by atoms with Crippen LogP contribution in [0.3, 0.4) is 0 Å². The average molecular weight is 217 g/mol. The summed E-state index contributed by atoms with van der Waals surface area (Å²) in [6.45, 7) is 6.50. The molecule has 0 spiro atoms. The molecule has 0 aromatic carbocycles. The molecule has 5 heteroatoms. The van der Waals surface area contributed by atoms with Crippen LogP contribution in [0.5, 0.6) is 0 Å². The third-order valence-electron chi connectivity index (χ3n) is 1.66. The lowest BCUT2D eigenvalue weighted by atomic mass is 10.3. The predicted octanol–water partition coefficient (Wildman–Crippen LogP) is 0.963. The molecule has 0 atom stereocenters. The molecule has 0 aliphatic heterocycles. The maximum Gasteiger partial charge on any atom is 0.333 e. The van der Waals surface area contributed by atoms with Gasteiger partial charge in [-0.15, -0.1) is 0 Å². The molecule has 0 aromatic heterocycles. The van der Waals surface area contributed by atoms with Gasteiger partial charge in [0.2, 0.25) is 0 Å². The van der Waals surface area contributed by atoms with Gasteiger partial charge in [0.25, 0.3) is 0 Å². The normalized spacial score (nSPS) is 10.4. The number of esters is 1. The highest BCUT2D eigenvalue weighted by molar-refractivity contribution is 5.86. The van der Waals surface area contributed by atoms with E-state index in [0.717, 1.165) is 0 Å². The van der Waals surface area contributed by atoms with Crippen molar-refractivity contribution in [2.24, 2.45) is 0 Å². The lowest BCUT2D eigenvalue weighted by Crippen LogP contribution is -2.26. The highest BCUT2D eigenvalue weighted by atomic mass is 16.7. The van der Waals surface area contributed by atoms with Crippen LogP contribution in [0.15, 0.2) is 12.2 Å². The number of rotatable bonds is 8. The highest BCUT2D eigenvalue weighted by Gasteiger charge is 2.05. The second-order valence-corrected chi connectivity index (χ2v) is 3.08. The van der Waals surface area contributed by atoms with Crippen molar-refractivity contribution < 1.29 is 19.1 Å². The first kappa shape index (κ1) is 14.1. The van der Waals surface area contributed by atoms with Gasteiger partial charge in [-0.1, -0.05) is 6.58 Å². The summed E-state index contributed by atoms with van der Waals surface area (Å²) in [7, 11) is 3.16. The Balaban J connectivity index is 3.52. The molecule has 0 radical (unpaired) electrons. The first-order valence-corrected chi connectivity index (χ1v) is 4.72. The third-order valence-corrected chi connectivity index (χ3v) is 1.66. The van der Waals surface area contributed by atoms with E-state index in [9.17, 15) is 4.79 Å². The molecule has 0 aliphatic carbocycles. The summed E-state index contributed by atoms with van der Waals surface area (Å²) < 4.78 is 9.81. The fourth-order valence-corrected chi connectivity index (χ4v) is 0.882. The van der Waals surface area contributed by atoms with Gasteiger partial charge in [-0.25, -0.2) is 4.79 Å². The number of hydrogen-bond acceptors (Lipinski definition) is 5. The summed E-state index contributed by atoms with van der Waals surface area (Å²) in [6.07, 6.45) is 0.691. The van der Waals surface area contributed by atoms with E-state index in [-0.39, 0.29) is 5.97 Å². The molecular formula is C10H19NO4. The van der Waals surface area contributed by atoms with Crippen molar-refractivity contribution in [1.29, 1.82) is 0 Å². The van der Waals surface area contributed by atoms with Crippen LogP contribution >= 0.6 is 0 Å². The second-order valence-electron chi connectivity index (χ2n) is 3.08. The summed E-state index contributed by atoms with van der Waals surface area (Å²) in [5.74, 6) is -0.356. The number of hydrogen-bond donors (Lipinski definition) is 0. The molecular weight excluding hydrogens is 198 g/mol. The fourth-order valence-electron chi connectivity index (χ4n) is 0.882. The van der Waals surface area contributed by atoms with Crippen LogP contribution in [-0.4, -0.2) is 45.1 Å². The van der Waals surface area contributed by atoms with E-state index >= 15 is 0 Å². The molecule has 0 rings (SSSR count). The van der Waals surface area contributed by atoms with Crippen molar-refractivity contribution in [3.05, 3.63) is 12.2 Å². The lowest BCUT2D eigenvalue weighted by molar-refractivity contribution is -0.183. The number of ether oxygens (including phenoxy) is 2. The molecule has 15 heavy (non-hydrogen) atoms. The molecule has 0 fully saturated rings. The second kappa shape index (κ2) is 8.40. The van der Waals surface area contributed by atoms with Crippen molar-refractivity contribution in [1.82, 2.24) is 5.06 Å². The highest BCUT2D eigenvalue weighted by Crippen LogP contribution is 1.96. The molecule has 0 saturated carbocycles. The Labute approximate surface area is 90.6 Å². The van der Waals surface area contributed by atoms with E-state index < -0.39 is 0 Å². The fraction of sp³-hybridized carbons (Fsp3) is 0.700. The Bertz CT molecular complexity index is 206. The average Bonchev–Trinajstić information content (AvgIpc) is 2.22. The summed E-state index contributed by atoms with van der Waals surface area (Å²) in [4.78, 5) is 16.0. The smallest absolute Gasteiger partial charge is 0.333 e. The Hall–Kier alpha value is -0.910. The van der Waals surface area contributed by atoms with Crippen molar-refractivity contribution in [3.63, 3.8) is 0 Å². The van der Waals surface area contributed by atoms with Crippen LogP contribution in [0.4, 0.5) is 0 Å². The van der Waals surface area contributed by atoms with Gasteiger partial charge in [-0.2, -0.15) is 5.06 Å². The van der Waals surface area contributed by atoms with Crippen molar-refractivity contribution >= 4 is 5.97 Å². The number of methoxy groups -OCH3 is 1. The van der Waals surface area contributed by atoms with Gasteiger partial charge in [0.15, 0.2) is 0 Å². The monoisotopic (exact) mass is 217 g/mol. The molecule has 0 aliphatic rings. The quantitative estimate of drug-likeness (QED) is 0.199. The first-order chi connectivity index (χ1) is 7.11. The number of carbonyl (C=O) groups is 1. The minimum Gasteiger partial charge on any atom is -0.462 e. The zero-order valence-corrected chi connectivity index (χ0v) is 9.62. The molecule has 0 N–H and O–H groups in total. The molecule has 88 valence electrons. The van der Waals surface area contributed by atoms with Crippen molar-refractivity contribution in [2.45, 2.75) is 13.3 Å². The van der Waals surface area contributed by atoms with Gasteiger partial charge in [0, 0.05) is 19.2 Å². The van der Waals surface area contributed by atoms with Crippen LogP contribution in [0, 0.1) is 0 Å². The first-order valence-electron chi connectivity index (χ1n) is 4.72. The summed E-state index contributed by atoms with van der Waals surface area (Å²) in [5.41, 5.74) is 0.412. The Morgan fingerprint density at radius 1 is 1.40 bits per heavy atom. The van der Waals surface area contributed by atoms with Gasteiger partial charge in [-0.3, -0.25) is 0 Å². The standard InChI is InChI=1S/C10H19NO4/c1-9(2)10(12)15-7-5-6-11(14-4)8-13-3/h1,5-8H2,2-4H3. The largest absolute Gasteiger partial charge is 0.462 e. The van der Waals surface area contributed by atoms with E-state index in [2.05, 4.69) is 6.58 Å². The Kier molecular flexibility index (Phi) is 7.89. The van der Waals surface area contributed by atoms with Gasteiger partial charge >= 0.3 is 5.97 Å². The number of hydroxylamine groups is 2. The van der Waals surface area contributed by atoms with Crippen LogP contribution in [0.25, 0.3) is 0 Å². The van der Waals surface area contributed by atoms with Gasteiger partial charge in [0.1, 0.15) is 6.73 Å². The third kappa shape index (κ3) is 7.07. The van der Waals surface area contributed by atoms with Crippen LogP contribution in [-0.2, 0) is 19.1 Å². The van der Waals surface area contributed by atoms with E-state index in [1.165, 1.54) is 0 Å². The minimum absolute atomic E-state index is 0.356. The van der Waals surface area contributed by atoms with Crippen LogP contribution in [0.2, 0.25) is 0 Å². The molecule has 5 nitrogen and oxygen atoms in total. The molecule has 0 saturated heterocycles. The maximum absolute atomic E-state index is 11.0. The summed E-state index contributed by atoms with van der Waals surface area (Å²) in [6, 6.07) is 0. The zero-order chi connectivity index (χ0) is 11.7. The zero-order valence-electron chi connectivity index (χ0n) is 9.62. The molecule has 0 bridgehead atoms. The molecule has 0 amide bonds. The molecule has 0 heterocycles. The summed E-state index contributed by atoms with van der Waals surface area (Å²) in [5, 5.41) is 1.63. The van der Waals surface area contributed by atoms with E-state index in [4.69, 9.17) is 14.3 Å². The van der Waals surface area contributed by atoms with Crippen molar-refractivity contribution in [3.8, 4) is 0 Å². The lowest BCUT2D eigenvalue weighted by Gasteiger charge is -2.17. The maximum atomic E-state index is 11.0. The number of nitrogens with zero attached hydrogens (tertiary/aromatic N) is 1. The molecule has 0 unspecified atom stereocenters. The van der Waals surface area contributed by atoms with E-state index in [1.54, 1.807) is 26.2 Å².